The van der Waals surface area contributed by atoms with E-state index in [0.29, 0.717) is 0 Å². The monoisotopic (exact) mass is 221 g/mol. The SMILES string of the molecule is O=C(Cc1ccncc1)C(F)(F)C(F)F. The van der Waals surface area contributed by atoms with Crippen molar-refractivity contribution in [2.24, 2.45) is 0 Å². The van der Waals surface area contributed by atoms with Crippen LogP contribution in [-0.4, -0.2) is 23.1 Å². The molecule has 0 unspecified atom stereocenters. The van der Waals surface area contributed by atoms with Gasteiger partial charge in [-0.1, -0.05) is 0 Å². The van der Waals surface area contributed by atoms with Crippen LogP contribution in [-0.2, 0) is 11.2 Å². The molecule has 0 atom stereocenters. The summed E-state index contributed by atoms with van der Waals surface area (Å²) in [6, 6.07) is 2.64. The van der Waals surface area contributed by atoms with Gasteiger partial charge in [0.25, 0.3) is 0 Å². The molecule has 82 valence electrons. The van der Waals surface area contributed by atoms with Crippen molar-refractivity contribution < 1.29 is 22.4 Å². The van der Waals surface area contributed by atoms with E-state index in [-0.39, 0.29) is 5.56 Å². The van der Waals surface area contributed by atoms with Crippen molar-refractivity contribution in [3.63, 3.8) is 0 Å². The molecule has 0 N–H and O–H groups in total. The number of carbonyl (C=O) groups is 1. The Bertz CT molecular complexity index is 339. The molecule has 0 aliphatic heterocycles. The Morgan fingerprint density at radius 1 is 1.33 bits per heavy atom. The van der Waals surface area contributed by atoms with Crippen LogP contribution in [0.1, 0.15) is 5.56 Å². The number of Topliss-reactive ketones (excluding diaryl/α,β-unsaturated/α-hetero) is 1. The van der Waals surface area contributed by atoms with E-state index in [1.165, 1.54) is 24.5 Å². The van der Waals surface area contributed by atoms with Crippen molar-refractivity contribution in [1.82, 2.24) is 4.98 Å². The molecule has 15 heavy (non-hydrogen) atoms. The second-order valence-electron chi connectivity index (χ2n) is 2.88. The summed E-state index contributed by atoms with van der Waals surface area (Å²) in [6.07, 6.45) is -2.10. The number of ketones is 1. The van der Waals surface area contributed by atoms with Crippen LogP contribution in [0.4, 0.5) is 17.6 Å². The highest BCUT2D eigenvalue weighted by Crippen LogP contribution is 2.25. The number of carbonyl (C=O) groups excluding carboxylic acids is 1. The highest BCUT2D eigenvalue weighted by Gasteiger charge is 2.47. The third-order valence-corrected chi connectivity index (χ3v) is 1.76. The predicted molar refractivity (Wildman–Crippen MR) is 43.9 cm³/mol. The highest BCUT2D eigenvalue weighted by atomic mass is 19.3. The van der Waals surface area contributed by atoms with Gasteiger partial charge in [-0.15, -0.1) is 0 Å². The predicted octanol–water partition coefficient (Wildman–Crippen LogP) is 2.09. The van der Waals surface area contributed by atoms with Gasteiger partial charge < -0.3 is 0 Å². The maximum absolute atomic E-state index is 12.5. The second-order valence-corrected chi connectivity index (χ2v) is 2.88. The minimum atomic E-state index is -4.58. The zero-order valence-corrected chi connectivity index (χ0v) is 7.46. The van der Waals surface area contributed by atoms with Crippen LogP contribution in [0.5, 0.6) is 0 Å². The fourth-order valence-electron chi connectivity index (χ4n) is 0.926. The summed E-state index contributed by atoms with van der Waals surface area (Å²) in [5.41, 5.74) is 0.232. The van der Waals surface area contributed by atoms with E-state index in [1.54, 1.807) is 0 Å². The standard InChI is InChI=1S/C9H7F4NO/c10-8(11)9(12,13)7(15)5-6-1-3-14-4-2-6/h1-4,8H,5H2. The molecule has 0 radical (unpaired) electrons. The maximum atomic E-state index is 12.5. The van der Waals surface area contributed by atoms with Gasteiger partial charge >= 0.3 is 12.3 Å². The van der Waals surface area contributed by atoms with Gasteiger partial charge in [0.1, 0.15) is 0 Å². The van der Waals surface area contributed by atoms with Crippen molar-refractivity contribution in [1.29, 1.82) is 0 Å². The number of pyridine rings is 1. The summed E-state index contributed by atoms with van der Waals surface area (Å²) < 4.78 is 48.6. The van der Waals surface area contributed by atoms with Gasteiger partial charge in [-0.25, -0.2) is 8.78 Å². The van der Waals surface area contributed by atoms with Crippen LogP contribution in [0, 0.1) is 0 Å². The third-order valence-electron chi connectivity index (χ3n) is 1.76. The van der Waals surface area contributed by atoms with Crippen molar-refractivity contribution >= 4 is 5.78 Å². The molecule has 1 aromatic rings. The van der Waals surface area contributed by atoms with E-state index < -0.39 is 24.6 Å². The van der Waals surface area contributed by atoms with Crippen LogP contribution in [0.3, 0.4) is 0 Å². The van der Waals surface area contributed by atoms with Gasteiger partial charge in [-0.3, -0.25) is 9.78 Å². The first kappa shape index (κ1) is 11.6. The molecule has 2 nitrogen and oxygen atoms in total. The Morgan fingerprint density at radius 2 is 1.87 bits per heavy atom. The highest BCUT2D eigenvalue weighted by molar-refractivity contribution is 5.87. The molecule has 1 heterocycles. The van der Waals surface area contributed by atoms with Crippen molar-refractivity contribution in [3.8, 4) is 0 Å². The van der Waals surface area contributed by atoms with Gasteiger partial charge in [-0.05, 0) is 17.7 Å². The Kier molecular flexibility index (Phi) is 3.39. The molecule has 0 saturated heterocycles. The van der Waals surface area contributed by atoms with Gasteiger partial charge in [0.2, 0.25) is 5.78 Å². The topological polar surface area (TPSA) is 30.0 Å². The lowest BCUT2D eigenvalue weighted by atomic mass is 10.1. The Morgan fingerprint density at radius 3 is 2.33 bits per heavy atom. The molecule has 0 aromatic carbocycles. The van der Waals surface area contributed by atoms with E-state index in [9.17, 15) is 22.4 Å². The molecular weight excluding hydrogens is 214 g/mol. The van der Waals surface area contributed by atoms with E-state index in [0.717, 1.165) is 0 Å². The zero-order valence-electron chi connectivity index (χ0n) is 7.46. The maximum Gasteiger partial charge on any atom is 0.364 e. The average Bonchev–Trinajstić information content (AvgIpc) is 2.18. The molecule has 0 spiro atoms. The molecule has 1 rings (SSSR count). The minimum absolute atomic E-state index is 0.232. The van der Waals surface area contributed by atoms with E-state index in [2.05, 4.69) is 4.98 Å². The second kappa shape index (κ2) is 4.37. The van der Waals surface area contributed by atoms with Crippen molar-refractivity contribution in [2.75, 3.05) is 0 Å². The Hall–Kier alpha value is -1.46. The third kappa shape index (κ3) is 2.74. The normalized spacial score (nSPS) is 11.8. The largest absolute Gasteiger partial charge is 0.364 e. The Balaban J connectivity index is 2.72. The average molecular weight is 221 g/mol. The van der Waals surface area contributed by atoms with Crippen LogP contribution in [0.2, 0.25) is 0 Å². The van der Waals surface area contributed by atoms with Gasteiger partial charge in [0.05, 0.1) is 0 Å². The molecule has 0 aliphatic carbocycles. The molecule has 0 amide bonds. The summed E-state index contributed by atoms with van der Waals surface area (Å²) in [7, 11) is 0. The van der Waals surface area contributed by atoms with Crippen LogP contribution in [0.25, 0.3) is 0 Å². The van der Waals surface area contributed by atoms with E-state index in [4.69, 9.17) is 0 Å². The fourth-order valence-corrected chi connectivity index (χ4v) is 0.926. The molecule has 6 heteroatoms. The number of hydrogen-bond donors (Lipinski definition) is 0. The summed E-state index contributed by atoms with van der Waals surface area (Å²) in [6.45, 7) is 0. The number of nitrogens with zero attached hydrogens (tertiary/aromatic N) is 1. The van der Waals surface area contributed by atoms with Crippen molar-refractivity contribution in [2.45, 2.75) is 18.8 Å². The number of rotatable bonds is 4. The smallest absolute Gasteiger partial charge is 0.292 e. The first-order valence-corrected chi connectivity index (χ1v) is 4.02. The number of hydrogen-bond acceptors (Lipinski definition) is 2. The summed E-state index contributed by atoms with van der Waals surface area (Å²) in [4.78, 5) is 14.4. The minimum Gasteiger partial charge on any atom is -0.292 e. The van der Waals surface area contributed by atoms with E-state index in [1.807, 2.05) is 0 Å². The first-order chi connectivity index (χ1) is 6.94. The fraction of sp³-hybridized carbons (Fsp3) is 0.333. The summed E-state index contributed by atoms with van der Waals surface area (Å²) >= 11 is 0. The number of aromatic nitrogens is 1. The van der Waals surface area contributed by atoms with Crippen LogP contribution in [0.15, 0.2) is 24.5 Å². The van der Waals surface area contributed by atoms with Gasteiger partial charge in [0, 0.05) is 18.8 Å². The number of halogens is 4. The summed E-state index contributed by atoms with van der Waals surface area (Å²) in [5.74, 6) is -6.37. The molecular formula is C9H7F4NO. The molecule has 0 bridgehead atoms. The number of alkyl halides is 4. The van der Waals surface area contributed by atoms with Crippen molar-refractivity contribution in [3.05, 3.63) is 30.1 Å². The zero-order chi connectivity index (χ0) is 11.5. The lowest BCUT2D eigenvalue weighted by molar-refractivity contribution is -0.166. The van der Waals surface area contributed by atoms with Crippen LogP contribution >= 0.6 is 0 Å². The van der Waals surface area contributed by atoms with Crippen LogP contribution < -0.4 is 0 Å². The van der Waals surface area contributed by atoms with Gasteiger partial charge in [-0.2, -0.15) is 8.78 Å². The summed E-state index contributed by atoms with van der Waals surface area (Å²) in [5, 5.41) is 0. The molecule has 0 fully saturated rings. The molecule has 0 saturated carbocycles. The lowest BCUT2D eigenvalue weighted by Crippen LogP contribution is -2.37. The first-order valence-electron chi connectivity index (χ1n) is 4.02. The van der Waals surface area contributed by atoms with Gasteiger partial charge in [0.15, 0.2) is 0 Å². The molecule has 0 aliphatic rings. The quantitative estimate of drug-likeness (QED) is 0.728. The van der Waals surface area contributed by atoms with E-state index >= 15 is 0 Å². The lowest BCUT2D eigenvalue weighted by Gasteiger charge is -2.13. The molecule has 1 aromatic heterocycles. The Labute approximate surface area is 82.9 Å².